The predicted octanol–water partition coefficient (Wildman–Crippen LogP) is 1.15. The monoisotopic (exact) mass is 964 g/mol. The number of amides is 1. The zero-order valence-corrected chi connectivity index (χ0v) is 40.6. The van der Waals surface area contributed by atoms with Gasteiger partial charge in [0.15, 0.2) is 6.29 Å². The van der Waals surface area contributed by atoms with E-state index in [9.17, 15) is 50.4 Å². The highest BCUT2D eigenvalue weighted by molar-refractivity contribution is 5.82. The van der Waals surface area contributed by atoms with E-state index in [0.717, 1.165) is 5.69 Å². The standard InChI is InChI=1S/C52H77N5O12/c1-46(24-59)13-14-50(45(66)67)15-16-51-12-6-5-9-30(36-28(21-58)43(65)57-37(36)27(8-7-17-53)33-20-54-26-56-33)52-23-55-32-19-48(51,3)35(11-10-29(51)31(50)18-46)49(52,4)40(32)47(2,25-60)42(41(52)64)69-44-39(63)38(62)34(61)22-68-44/h10,20,26-28,30-32,34-42,44,55,58-64H,6-8,11-19,21-25,53H2,1-4H3,(H,54,56)(H,57,65)(H,66,67)/t27-,28+,30-,31+,32+,34-,35+,36-,37+,38+,39-,40-,41+,42-,44+,46+,47+,48-,49-,50+,51-,52-/m1/s1. The van der Waals surface area contributed by atoms with Gasteiger partial charge in [0.05, 0.1) is 49.7 Å². The van der Waals surface area contributed by atoms with Crippen LogP contribution in [0.1, 0.15) is 110 Å². The number of imidazole rings is 1. The Labute approximate surface area is 404 Å². The van der Waals surface area contributed by atoms with Gasteiger partial charge in [-0.2, -0.15) is 0 Å². The van der Waals surface area contributed by atoms with E-state index < -0.39 is 124 Å². The lowest BCUT2D eigenvalue weighted by molar-refractivity contribution is -0.376. The summed E-state index contributed by atoms with van der Waals surface area (Å²) in [5, 5.41) is 99.6. The van der Waals surface area contributed by atoms with Crippen LogP contribution in [-0.4, -0.2) is 151 Å². The summed E-state index contributed by atoms with van der Waals surface area (Å²) in [6, 6.07) is -0.867. The number of H-pyrrole nitrogens is 1. The van der Waals surface area contributed by atoms with Crippen molar-refractivity contribution >= 4 is 11.9 Å². The van der Waals surface area contributed by atoms with Crippen LogP contribution in [0.25, 0.3) is 0 Å². The first-order valence-electron chi connectivity index (χ1n) is 25.8. The van der Waals surface area contributed by atoms with Gasteiger partial charge in [0.2, 0.25) is 5.91 Å². The molecule has 6 aliphatic carbocycles. The van der Waals surface area contributed by atoms with Gasteiger partial charge in [0.1, 0.15) is 18.3 Å². The first-order valence-corrected chi connectivity index (χ1v) is 25.8. The van der Waals surface area contributed by atoms with Gasteiger partial charge < -0.3 is 71.7 Å². The molecule has 17 heteroatoms. The number of nitrogens with one attached hydrogen (secondary N) is 3. The minimum Gasteiger partial charge on any atom is -0.481 e. The number of aliphatic carboxylic acids is 1. The van der Waals surface area contributed by atoms with Crippen molar-refractivity contribution in [3.05, 3.63) is 29.9 Å². The van der Waals surface area contributed by atoms with Crippen LogP contribution in [0.4, 0.5) is 0 Å². The molecule has 382 valence electrons. The number of carboxylic acid groups (broad SMARTS) is 1. The number of hydrogen-bond donors (Lipinski definition) is 12. The number of nitrogens with two attached hydrogens (primary N) is 1. The van der Waals surface area contributed by atoms with Crippen LogP contribution in [0.5, 0.6) is 0 Å². The van der Waals surface area contributed by atoms with Crippen LogP contribution in [0.2, 0.25) is 0 Å². The number of rotatable bonds is 12. The summed E-state index contributed by atoms with van der Waals surface area (Å²) in [5.41, 5.74) is 2.23. The van der Waals surface area contributed by atoms with Gasteiger partial charge in [0.25, 0.3) is 0 Å². The molecule has 7 bridgehead atoms. The van der Waals surface area contributed by atoms with Gasteiger partial charge in [0, 0.05) is 72.1 Å². The molecule has 1 amide bonds. The van der Waals surface area contributed by atoms with E-state index in [4.69, 9.17) is 15.2 Å². The number of carbonyl (C=O) groups excluding carboxylic acids is 1. The van der Waals surface area contributed by atoms with Crippen LogP contribution in [-0.2, 0) is 19.1 Å². The highest BCUT2D eigenvalue weighted by Gasteiger charge is 2.83. The zero-order valence-electron chi connectivity index (χ0n) is 40.6. The molecule has 13 N–H and O–H groups in total. The van der Waals surface area contributed by atoms with E-state index in [1.165, 1.54) is 5.57 Å². The molecule has 7 fully saturated rings. The molecule has 0 unspecified atom stereocenters. The summed E-state index contributed by atoms with van der Waals surface area (Å²) in [7, 11) is 0. The maximum Gasteiger partial charge on any atom is 0.310 e. The second-order valence-corrected chi connectivity index (χ2v) is 24.3. The van der Waals surface area contributed by atoms with Gasteiger partial charge >= 0.3 is 5.97 Å². The van der Waals surface area contributed by atoms with Crippen LogP contribution < -0.4 is 16.4 Å². The average Bonchev–Trinajstić information content (AvgIpc) is 3.98. The summed E-state index contributed by atoms with van der Waals surface area (Å²) in [6.07, 6.45) is 3.17. The second kappa shape index (κ2) is 17.3. The molecule has 0 radical (unpaired) electrons. The maximum atomic E-state index is 14.5. The van der Waals surface area contributed by atoms with Gasteiger partial charge in [-0.15, -0.1) is 5.92 Å². The van der Waals surface area contributed by atoms with E-state index in [1.807, 2.05) is 6.92 Å². The van der Waals surface area contributed by atoms with Crippen LogP contribution in [0.15, 0.2) is 24.2 Å². The predicted molar refractivity (Wildman–Crippen MR) is 249 cm³/mol. The van der Waals surface area contributed by atoms with Crippen molar-refractivity contribution in [1.82, 2.24) is 20.6 Å². The first kappa shape index (κ1) is 49.6. The van der Waals surface area contributed by atoms with E-state index in [2.05, 4.69) is 59.3 Å². The number of hydrogen-bond acceptors (Lipinski definition) is 14. The van der Waals surface area contributed by atoms with Gasteiger partial charge in [-0.05, 0) is 110 Å². The van der Waals surface area contributed by atoms with E-state index in [0.29, 0.717) is 77.2 Å². The lowest BCUT2D eigenvalue weighted by Gasteiger charge is -2.81. The van der Waals surface area contributed by atoms with Crippen molar-refractivity contribution in [1.29, 1.82) is 0 Å². The van der Waals surface area contributed by atoms with Crippen molar-refractivity contribution < 1.29 is 59.9 Å². The smallest absolute Gasteiger partial charge is 0.310 e. The Hall–Kier alpha value is -2.99. The van der Waals surface area contributed by atoms with E-state index in [-0.39, 0.29) is 49.5 Å². The molecule has 0 aromatic carbocycles. The highest BCUT2D eigenvalue weighted by Crippen LogP contribution is 2.81. The SMILES string of the molecule is C[C@]1(CO)CC[C@]2(C(=O)O)CC[C@@]34CCC#C[C@H]([C@@H]5[C@H]([C@H](CCCN)c6cnc[nH]6)NC(=O)[C@H]5CO)[C@@]56CN[C@H]7C[C@]3(C)[C@H](CC=C4[C@@H]2C1)[C@]5(C)[C@H]7[C@](C)(CO)[C@H](O[C@@H]1OC[C@@H](O)[C@H](O)[C@H]1O)[C@@H]6O. The number of aliphatic hydroxyl groups excluding tert-OH is 7. The topological polar surface area (TPSA) is 293 Å². The highest BCUT2D eigenvalue weighted by atomic mass is 16.7. The number of fused-ring (bicyclic) bond motifs is 2. The van der Waals surface area contributed by atoms with E-state index >= 15 is 0 Å². The molecule has 17 nitrogen and oxygen atoms in total. The number of carboxylic acids is 1. The lowest BCUT2D eigenvalue weighted by atomic mass is 9.25. The molecule has 3 saturated heterocycles. The fraction of sp³-hybridized carbons (Fsp3) is 0.827. The molecule has 1 spiro atoms. The summed E-state index contributed by atoms with van der Waals surface area (Å²) in [4.78, 5) is 35.8. The molecule has 9 aliphatic rings. The zero-order chi connectivity index (χ0) is 49.3. The Morgan fingerprint density at radius 2 is 1.80 bits per heavy atom. The maximum absolute atomic E-state index is 14.5. The third-order valence-corrected chi connectivity index (χ3v) is 21.7. The third-order valence-electron chi connectivity index (χ3n) is 21.7. The number of ether oxygens (including phenoxy) is 2. The first-order chi connectivity index (χ1) is 32.8. The normalized spacial score (nSPS) is 51.2. The van der Waals surface area contributed by atoms with Crippen molar-refractivity contribution in [2.24, 2.45) is 79.1 Å². The molecular weight excluding hydrogens is 887 g/mol. The Bertz CT molecular complexity index is 2240. The number of allylic oxidation sites excluding steroid dienone is 2. The molecule has 3 aliphatic heterocycles. The van der Waals surface area contributed by atoms with E-state index in [1.54, 1.807) is 12.5 Å². The van der Waals surface area contributed by atoms with Crippen molar-refractivity contribution in [2.45, 2.75) is 153 Å². The quantitative estimate of drug-likeness (QED) is 0.0795. The molecular formula is C52H77N5O12. The number of nitrogens with zero attached hydrogens (tertiary/aromatic N) is 1. The van der Waals surface area contributed by atoms with Crippen LogP contribution in [0, 0.1) is 85.3 Å². The molecule has 1 aromatic heterocycles. The van der Waals surface area contributed by atoms with Crippen LogP contribution in [0.3, 0.4) is 0 Å². The van der Waals surface area contributed by atoms with Crippen molar-refractivity contribution in [3.63, 3.8) is 0 Å². The van der Waals surface area contributed by atoms with Gasteiger partial charge in [-0.1, -0.05) is 45.3 Å². The molecule has 1 aromatic rings. The fourth-order valence-corrected chi connectivity index (χ4v) is 18.3. The van der Waals surface area contributed by atoms with Crippen LogP contribution >= 0.6 is 0 Å². The minimum absolute atomic E-state index is 0.0361. The molecule has 4 heterocycles. The summed E-state index contributed by atoms with van der Waals surface area (Å²) in [5.74, 6) is 2.70. The van der Waals surface area contributed by atoms with Gasteiger partial charge in [-0.3, -0.25) is 9.59 Å². The Kier molecular flexibility index (Phi) is 12.4. The summed E-state index contributed by atoms with van der Waals surface area (Å²) in [6.45, 7) is 7.99. The van der Waals surface area contributed by atoms with Crippen molar-refractivity contribution in [3.8, 4) is 11.8 Å². The Balaban J connectivity index is 1.21. The number of aromatic nitrogens is 2. The molecule has 10 rings (SSSR count). The average molecular weight is 964 g/mol. The molecule has 69 heavy (non-hydrogen) atoms. The summed E-state index contributed by atoms with van der Waals surface area (Å²) >= 11 is 0. The van der Waals surface area contributed by atoms with Crippen molar-refractivity contribution in [2.75, 3.05) is 39.5 Å². The number of piperidine rings is 1. The lowest BCUT2D eigenvalue weighted by Crippen LogP contribution is -2.85. The number of aromatic amines is 1. The number of carbonyl (C=O) groups is 2. The minimum atomic E-state index is -1.68. The fourth-order valence-electron chi connectivity index (χ4n) is 18.3. The Morgan fingerprint density at radius 1 is 1.03 bits per heavy atom. The summed E-state index contributed by atoms with van der Waals surface area (Å²) < 4.78 is 12.7. The number of aliphatic hydroxyl groups is 7. The second-order valence-electron chi connectivity index (χ2n) is 24.3. The molecule has 22 atom stereocenters. The third kappa shape index (κ3) is 6.58. The Morgan fingerprint density at radius 3 is 2.48 bits per heavy atom. The largest absolute Gasteiger partial charge is 0.481 e. The molecule has 4 saturated carbocycles. The van der Waals surface area contributed by atoms with Gasteiger partial charge in [-0.25, -0.2) is 4.98 Å².